The molecule has 3 aromatic rings. The summed E-state index contributed by atoms with van der Waals surface area (Å²) < 4.78 is 6.01. The molecule has 0 spiro atoms. The van der Waals surface area contributed by atoms with Crippen LogP contribution in [0.2, 0.25) is 0 Å². The largest absolute Gasteiger partial charge is 0.455 e. The van der Waals surface area contributed by atoms with Crippen LogP contribution in [0.15, 0.2) is 78.9 Å². The van der Waals surface area contributed by atoms with E-state index in [1.54, 1.807) is 6.07 Å². The third-order valence-electron chi connectivity index (χ3n) is 3.88. The minimum absolute atomic E-state index is 0.419. The Kier molecular flexibility index (Phi) is 5.00. The summed E-state index contributed by atoms with van der Waals surface area (Å²) in [7, 11) is 1.99. The number of para-hydroxylation sites is 3. The van der Waals surface area contributed by atoms with E-state index in [2.05, 4.69) is 4.90 Å². The maximum absolute atomic E-state index is 11.4. The van der Waals surface area contributed by atoms with E-state index in [-0.39, 0.29) is 0 Å². The second-order valence-corrected chi connectivity index (χ2v) is 5.80. The van der Waals surface area contributed by atoms with Gasteiger partial charge in [0.2, 0.25) is 5.91 Å². The summed E-state index contributed by atoms with van der Waals surface area (Å²) in [5.41, 5.74) is 7.85. The van der Waals surface area contributed by atoms with Gasteiger partial charge in [0.1, 0.15) is 5.75 Å². The van der Waals surface area contributed by atoms with Crippen LogP contribution < -0.4 is 15.4 Å². The van der Waals surface area contributed by atoms with Crippen molar-refractivity contribution in [1.82, 2.24) is 0 Å². The van der Waals surface area contributed by atoms with Crippen molar-refractivity contribution >= 4 is 11.6 Å². The number of primary amides is 1. The molecule has 0 radical (unpaired) electrons. The molecular formula is C21H20N2O2. The second-order valence-electron chi connectivity index (χ2n) is 5.80. The summed E-state index contributed by atoms with van der Waals surface area (Å²) in [6.07, 6.45) is 0. The van der Waals surface area contributed by atoms with Crippen LogP contribution in [0.1, 0.15) is 15.9 Å². The van der Waals surface area contributed by atoms with Crippen molar-refractivity contribution in [3.05, 3.63) is 90.0 Å². The van der Waals surface area contributed by atoms with Gasteiger partial charge in [-0.25, -0.2) is 0 Å². The lowest BCUT2D eigenvalue weighted by Crippen LogP contribution is -2.18. The number of hydrogen-bond donors (Lipinski definition) is 1. The van der Waals surface area contributed by atoms with E-state index in [9.17, 15) is 4.79 Å². The molecular weight excluding hydrogens is 312 g/mol. The number of carbonyl (C=O) groups excluding carboxylic acids is 1. The summed E-state index contributed by atoms with van der Waals surface area (Å²) in [6, 6.07) is 24.9. The van der Waals surface area contributed by atoms with E-state index in [1.807, 2.05) is 79.8 Å². The maximum Gasteiger partial charge on any atom is 0.248 e. The molecule has 3 rings (SSSR count). The molecule has 0 unspecified atom stereocenters. The third kappa shape index (κ3) is 4.18. The van der Waals surface area contributed by atoms with Gasteiger partial charge < -0.3 is 15.4 Å². The van der Waals surface area contributed by atoms with Crippen LogP contribution in [0.25, 0.3) is 0 Å². The third-order valence-corrected chi connectivity index (χ3v) is 3.88. The zero-order valence-electron chi connectivity index (χ0n) is 14.1. The van der Waals surface area contributed by atoms with Crippen molar-refractivity contribution in [3.63, 3.8) is 0 Å². The van der Waals surface area contributed by atoms with Crippen LogP contribution in [0.4, 0.5) is 5.69 Å². The van der Waals surface area contributed by atoms with Gasteiger partial charge in [0.05, 0.1) is 5.69 Å². The Labute approximate surface area is 147 Å². The van der Waals surface area contributed by atoms with Crippen molar-refractivity contribution in [2.45, 2.75) is 6.54 Å². The summed E-state index contributed by atoms with van der Waals surface area (Å²) in [4.78, 5) is 13.4. The molecule has 0 atom stereocenters. The first-order valence-electron chi connectivity index (χ1n) is 8.05. The van der Waals surface area contributed by atoms with E-state index in [0.717, 1.165) is 22.7 Å². The lowest BCUT2D eigenvalue weighted by atomic mass is 10.1. The molecule has 0 aromatic heterocycles. The molecule has 0 aliphatic rings. The molecule has 0 saturated carbocycles. The molecule has 0 bridgehead atoms. The average Bonchev–Trinajstić information content (AvgIpc) is 2.63. The molecule has 2 N–H and O–H groups in total. The van der Waals surface area contributed by atoms with Gasteiger partial charge in [0, 0.05) is 19.2 Å². The Morgan fingerprint density at radius 1 is 0.960 bits per heavy atom. The highest BCUT2D eigenvalue weighted by Gasteiger charge is 2.10. The number of amides is 1. The second kappa shape index (κ2) is 7.53. The molecule has 0 fully saturated rings. The van der Waals surface area contributed by atoms with Gasteiger partial charge >= 0.3 is 0 Å². The first-order chi connectivity index (χ1) is 12.1. The minimum atomic E-state index is -0.419. The first kappa shape index (κ1) is 16.6. The smallest absolute Gasteiger partial charge is 0.248 e. The standard InChI is InChI=1S/C21H20N2O2/c1-23(15-16-8-7-9-17(14-16)21(22)24)19-12-5-6-13-20(19)25-18-10-3-2-4-11-18/h2-14H,15H2,1H3,(H2,22,24). The monoisotopic (exact) mass is 332 g/mol. The molecule has 4 nitrogen and oxygen atoms in total. The van der Waals surface area contributed by atoms with Gasteiger partial charge in [0.25, 0.3) is 0 Å². The Balaban J connectivity index is 1.81. The fourth-order valence-corrected chi connectivity index (χ4v) is 2.66. The van der Waals surface area contributed by atoms with Crippen molar-refractivity contribution in [2.24, 2.45) is 5.73 Å². The summed E-state index contributed by atoms with van der Waals surface area (Å²) >= 11 is 0. The fourth-order valence-electron chi connectivity index (χ4n) is 2.66. The van der Waals surface area contributed by atoms with E-state index >= 15 is 0 Å². The molecule has 4 heteroatoms. The van der Waals surface area contributed by atoms with Crippen molar-refractivity contribution in [2.75, 3.05) is 11.9 Å². The Morgan fingerprint density at radius 3 is 2.44 bits per heavy atom. The quantitative estimate of drug-likeness (QED) is 0.735. The minimum Gasteiger partial charge on any atom is -0.455 e. The molecule has 126 valence electrons. The number of carbonyl (C=O) groups is 1. The molecule has 3 aromatic carbocycles. The van der Waals surface area contributed by atoms with Crippen molar-refractivity contribution < 1.29 is 9.53 Å². The van der Waals surface area contributed by atoms with Gasteiger partial charge in [-0.1, -0.05) is 42.5 Å². The number of rotatable bonds is 6. The van der Waals surface area contributed by atoms with Gasteiger partial charge in [-0.15, -0.1) is 0 Å². The highest BCUT2D eigenvalue weighted by Crippen LogP contribution is 2.32. The van der Waals surface area contributed by atoms with E-state index in [0.29, 0.717) is 12.1 Å². The van der Waals surface area contributed by atoms with Crippen LogP contribution in [0.5, 0.6) is 11.5 Å². The fraction of sp³-hybridized carbons (Fsp3) is 0.0952. The Bertz CT molecular complexity index is 863. The predicted octanol–water partition coefficient (Wildman–Crippen LogP) is 4.21. The van der Waals surface area contributed by atoms with E-state index in [1.165, 1.54) is 0 Å². The zero-order chi connectivity index (χ0) is 17.6. The highest BCUT2D eigenvalue weighted by atomic mass is 16.5. The van der Waals surface area contributed by atoms with Gasteiger partial charge in [-0.05, 0) is 42.0 Å². The first-order valence-corrected chi connectivity index (χ1v) is 8.05. The SMILES string of the molecule is CN(Cc1cccc(C(N)=O)c1)c1ccccc1Oc1ccccc1. The Hall–Kier alpha value is -3.27. The summed E-state index contributed by atoms with van der Waals surface area (Å²) in [5, 5.41) is 0. The molecule has 0 aliphatic carbocycles. The number of anilines is 1. The normalized spacial score (nSPS) is 10.3. The van der Waals surface area contributed by atoms with Crippen LogP contribution in [0, 0.1) is 0 Å². The average molecular weight is 332 g/mol. The number of benzene rings is 3. The van der Waals surface area contributed by atoms with Crippen LogP contribution in [-0.4, -0.2) is 13.0 Å². The van der Waals surface area contributed by atoms with Crippen molar-refractivity contribution in [1.29, 1.82) is 0 Å². The molecule has 0 aliphatic heterocycles. The summed E-state index contributed by atoms with van der Waals surface area (Å²) in [5.74, 6) is 1.15. The lowest BCUT2D eigenvalue weighted by molar-refractivity contribution is 0.1000. The van der Waals surface area contributed by atoms with Gasteiger partial charge in [-0.2, -0.15) is 0 Å². The van der Waals surface area contributed by atoms with Crippen LogP contribution in [0.3, 0.4) is 0 Å². The maximum atomic E-state index is 11.4. The molecule has 25 heavy (non-hydrogen) atoms. The van der Waals surface area contributed by atoms with Crippen molar-refractivity contribution in [3.8, 4) is 11.5 Å². The van der Waals surface area contributed by atoms with E-state index < -0.39 is 5.91 Å². The number of nitrogens with zero attached hydrogens (tertiary/aromatic N) is 1. The highest BCUT2D eigenvalue weighted by molar-refractivity contribution is 5.92. The van der Waals surface area contributed by atoms with E-state index in [4.69, 9.17) is 10.5 Å². The van der Waals surface area contributed by atoms with Crippen LogP contribution >= 0.6 is 0 Å². The van der Waals surface area contributed by atoms with Gasteiger partial charge in [-0.3, -0.25) is 4.79 Å². The number of ether oxygens (including phenoxy) is 1. The lowest BCUT2D eigenvalue weighted by Gasteiger charge is -2.22. The molecule has 1 amide bonds. The Morgan fingerprint density at radius 2 is 1.68 bits per heavy atom. The zero-order valence-corrected chi connectivity index (χ0v) is 14.1. The van der Waals surface area contributed by atoms with Crippen LogP contribution in [-0.2, 0) is 6.54 Å². The number of hydrogen-bond acceptors (Lipinski definition) is 3. The number of nitrogens with two attached hydrogens (primary N) is 1. The summed E-state index contributed by atoms with van der Waals surface area (Å²) in [6.45, 7) is 0.635. The predicted molar refractivity (Wildman–Crippen MR) is 100 cm³/mol. The molecule has 0 heterocycles. The topological polar surface area (TPSA) is 55.6 Å². The van der Waals surface area contributed by atoms with Gasteiger partial charge in [0.15, 0.2) is 5.75 Å². The molecule has 0 saturated heterocycles.